The smallest absolute Gasteiger partial charge is 0.255 e. The number of nitrogens with zero attached hydrogens (tertiary/aromatic N) is 1. The molecule has 2 fully saturated rings. The van der Waals surface area contributed by atoms with Gasteiger partial charge in [-0.25, -0.2) is 0 Å². The molecular weight excluding hydrogens is 358 g/mol. The molecule has 0 aliphatic carbocycles. The maximum absolute atomic E-state index is 13.1. The predicted octanol–water partition coefficient (Wildman–Crippen LogP) is 1.82. The fourth-order valence-corrected chi connectivity index (χ4v) is 4.34. The van der Waals surface area contributed by atoms with Gasteiger partial charge in [-0.15, -0.1) is 0 Å². The lowest BCUT2D eigenvalue weighted by Gasteiger charge is -2.39. The lowest BCUT2D eigenvalue weighted by molar-refractivity contribution is -0.120. The van der Waals surface area contributed by atoms with Crippen molar-refractivity contribution in [3.8, 4) is 0 Å². The van der Waals surface area contributed by atoms with E-state index in [2.05, 4.69) is 10.3 Å². The Hall–Kier alpha value is -2.67. The average molecular weight is 383 g/mol. The second-order valence-corrected chi connectivity index (χ2v) is 7.77. The van der Waals surface area contributed by atoms with Gasteiger partial charge < -0.3 is 19.9 Å². The van der Waals surface area contributed by atoms with Crippen LogP contribution < -0.4 is 10.9 Å². The molecule has 28 heavy (non-hydrogen) atoms. The minimum atomic E-state index is -0.188. The molecule has 2 amide bonds. The second kappa shape index (κ2) is 7.39. The van der Waals surface area contributed by atoms with Gasteiger partial charge in [0.2, 0.25) is 5.91 Å². The highest BCUT2D eigenvalue weighted by molar-refractivity contribution is 6.06. The standard InChI is InChI=1S/C21H25N3O4/c1-14(25)22-12-15-6-7-21(28-15)8-10-24(11-9-21)20(27)18-13-23-19(26)17-5-3-2-4-16(17)18/h2-5,13,15H,6-12H2,1H3,(H,22,25)(H,23,26). The molecule has 7 heteroatoms. The largest absolute Gasteiger partial charge is 0.370 e. The van der Waals surface area contributed by atoms with Crippen molar-refractivity contribution in [3.05, 3.63) is 46.4 Å². The molecule has 2 aromatic rings. The Labute approximate surface area is 163 Å². The highest BCUT2D eigenvalue weighted by Gasteiger charge is 2.43. The number of hydrogen-bond acceptors (Lipinski definition) is 4. The van der Waals surface area contributed by atoms with E-state index in [1.165, 1.54) is 13.1 Å². The van der Waals surface area contributed by atoms with Crippen LogP contribution in [-0.2, 0) is 9.53 Å². The van der Waals surface area contributed by atoms with Crippen LogP contribution in [0.4, 0.5) is 0 Å². The van der Waals surface area contributed by atoms with Crippen molar-refractivity contribution in [2.45, 2.75) is 44.3 Å². The Balaban J connectivity index is 1.44. The fraction of sp³-hybridized carbons (Fsp3) is 0.476. The molecule has 148 valence electrons. The summed E-state index contributed by atoms with van der Waals surface area (Å²) in [6.45, 7) is 3.30. The fourth-order valence-electron chi connectivity index (χ4n) is 4.34. The van der Waals surface area contributed by atoms with Crippen molar-refractivity contribution in [2.75, 3.05) is 19.6 Å². The molecule has 2 saturated heterocycles. The first-order valence-corrected chi connectivity index (χ1v) is 9.79. The SMILES string of the molecule is CC(=O)NCC1CCC2(CCN(C(=O)c3c[nH]c(=O)c4ccccc34)CC2)O1. The van der Waals surface area contributed by atoms with Crippen LogP contribution >= 0.6 is 0 Å². The summed E-state index contributed by atoms with van der Waals surface area (Å²) in [6, 6.07) is 7.18. The van der Waals surface area contributed by atoms with Crippen molar-refractivity contribution in [3.63, 3.8) is 0 Å². The van der Waals surface area contributed by atoms with Crippen LogP contribution in [0, 0.1) is 0 Å². The Bertz CT molecular complexity index is 960. The number of nitrogens with one attached hydrogen (secondary N) is 2. The van der Waals surface area contributed by atoms with E-state index in [1.54, 1.807) is 12.1 Å². The Morgan fingerprint density at radius 3 is 2.64 bits per heavy atom. The molecule has 7 nitrogen and oxygen atoms in total. The summed E-state index contributed by atoms with van der Waals surface area (Å²) in [5.41, 5.74) is 0.156. The monoisotopic (exact) mass is 383 g/mol. The summed E-state index contributed by atoms with van der Waals surface area (Å²) in [6.07, 6.45) is 5.04. The number of piperidine rings is 1. The summed E-state index contributed by atoms with van der Waals surface area (Å²) in [7, 11) is 0. The van der Waals surface area contributed by atoms with E-state index in [9.17, 15) is 14.4 Å². The predicted molar refractivity (Wildman–Crippen MR) is 105 cm³/mol. The van der Waals surface area contributed by atoms with Gasteiger partial charge >= 0.3 is 0 Å². The molecule has 1 aromatic carbocycles. The number of benzene rings is 1. The van der Waals surface area contributed by atoms with E-state index in [4.69, 9.17) is 4.74 Å². The number of fused-ring (bicyclic) bond motifs is 1. The number of rotatable bonds is 3. The zero-order valence-corrected chi connectivity index (χ0v) is 16.0. The number of carbonyl (C=O) groups is 2. The van der Waals surface area contributed by atoms with Gasteiger partial charge in [0.15, 0.2) is 0 Å². The van der Waals surface area contributed by atoms with Crippen molar-refractivity contribution in [1.29, 1.82) is 0 Å². The minimum absolute atomic E-state index is 0.0434. The number of amides is 2. The van der Waals surface area contributed by atoms with Crippen molar-refractivity contribution in [1.82, 2.24) is 15.2 Å². The topological polar surface area (TPSA) is 91.5 Å². The van der Waals surface area contributed by atoms with Crippen molar-refractivity contribution >= 4 is 22.6 Å². The first-order chi connectivity index (χ1) is 13.5. The lowest BCUT2D eigenvalue weighted by Crippen LogP contribution is -2.47. The molecule has 3 heterocycles. The quantitative estimate of drug-likeness (QED) is 0.846. The molecule has 1 atom stereocenters. The third-order valence-electron chi connectivity index (χ3n) is 5.92. The van der Waals surface area contributed by atoms with Gasteiger partial charge in [0.05, 0.1) is 17.3 Å². The third-order valence-corrected chi connectivity index (χ3v) is 5.92. The summed E-state index contributed by atoms with van der Waals surface area (Å²) in [5.74, 6) is -0.104. The number of aromatic amines is 1. The Morgan fingerprint density at radius 1 is 1.21 bits per heavy atom. The van der Waals surface area contributed by atoms with Crippen LogP contribution in [-0.4, -0.2) is 53.0 Å². The highest BCUT2D eigenvalue weighted by Crippen LogP contribution is 2.39. The molecule has 0 radical (unpaired) electrons. The molecule has 0 bridgehead atoms. The molecule has 4 rings (SSSR count). The zero-order valence-electron chi connectivity index (χ0n) is 16.0. The van der Waals surface area contributed by atoms with E-state index in [0.717, 1.165) is 25.7 Å². The number of ether oxygens (including phenoxy) is 1. The van der Waals surface area contributed by atoms with E-state index < -0.39 is 0 Å². The maximum atomic E-state index is 13.1. The van der Waals surface area contributed by atoms with Crippen LogP contribution in [0.15, 0.2) is 35.3 Å². The molecule has 2 aliphatic heterocycles. The number of H-pyrrole nitrogens is 1. The van der Waals surface area contributed by atoms with E-state index in [-0.39, 0.29) is 29.1 Å². The van der Waals surface area contributed by atoms with E-state index in [0.29, 0.717) is 36.0 Å². The normalized spacial score (nSPS) is 21.2. The summed E-state index contributed by atoms with van der Waals surface area (Å²) in [4.78, 5) is 40.7. The van der Waals surface area contributed by atoms with Crippen LogP contribution in [0.3, 0.4) is 0 Å². The van der Waals surface area contributed by atoms with Crippen LogP contribution in [0.2, 0.25) is 0 Å². The molecule has 2 N–H and O–H groups in total. The average Bonchev–Trinajstić information content (AvgIpc) is 3.10. The number of carbonyl (C=O) groups excluding carboxylic acids is 2. The van der Waals surface area contributed by atoms with E-state index in [1.807, 2.05) is 17.0 Å². The van der Waals surface area contributed by atoms with Gasteiger partial charge in [-0.2, -0.15) is 0 Å². The Kier molecular flexibility index (Phi) is 4.93. The summed E-state index contributed by atoms with van der Waals surface area (Å²) in [5, 5.41) is 4.04. The molecule has 2 aliphatic rings. The zero-order chi connectivity index (χ0) is 19.7. The number of pyridine rings is 1. The molecule has 0 saturated carbocycles. The van der Waals surface area contributed by atoms with Crippen LogP contribution in [0.5, 0.6) is 0 Å². The van der Waals surface area contributed by atoms with E-state index >= 15 is 0 Å². The molecular formula is C21H25N3O4. The van der Waals surface area contributed by atoms with Gasteiger partial charge in [0.25, 0.3) is 11.5 Å². The number of likely N-dealkylation sites (tertiary alicyclic amines) is 1. The highest BCUT2D eigenvalue weighted by atomic mass is 16.5. The van der Waals surface area contributed by atoms with Crippen molar-refractivity contribution < 1.29 is 14.3 Å². The second-order valence-electron chi connectivity index (χ2n) is 7.77. The molecule has 1 spiro atoms. The van der Waals surface area contributed by atoms with Gasteiger partial charge in [-0.3, -0.25) is 14.4 Å². The first kappa shape index (κ1) is 18.7. The number of aromatic nitrogens is 1. The Morgan fingerprint density at radius 2 is 1.93 bits per heavy atom. The number of hydrogen-bond donors (Lipinski definition) is 2. The first-order valence-electron chi connectivity index (χ1n) is 9.79. The summed E-state index contributed by atoms with van der Waals surface area (Å²) < 4.78 is 6.26. The van der Waals surface area contributed by atoms with Crippen LogP contribution in [0.25, 0.3) is 10.8 Å². The van der Waals surface area contributed by atoms with Crippen molar-refractivity contribution in [2.24, 2.45) is 0 Å². The lowest BCUT2D eigenvalue weighted by atomic mass is 9.88. The molecule has 1 aromatic heterocycles. The third kappa shape index (κ3) is 3.54. The maximum Gasteiger partial charge on any atom is 0.255 e. The molecule has 1 unspecified atom stereocenters. The summed E-state index contributed by atoms with van der Waals surface area (Å²) >= 11 is 0. The van der Waals surface area contributed by atoms with Crippen LogP contribution in [0.1, 0.15) is 43.0 Å². The van der Waals surface area contributed by atoms with Gasteiger partial charge in [0, 0.05) is 43.5 Å². The van der Waals surface area contributed by atoms with Gasteiger partial charge in [-0.05, 0) is 31.7 Å². The minimum Gasteiger partial charge on any atom is -0.370 e. The van der Waals surface area contributed by atoms with Gasteiger partial charge in [-0.1, -0.05) is 18.2 Å². The van der Waals surface area contributed by atoms with Gasteiger partial charge in [0.1, 0.15) is 0 Å².